The molecule has 172 valence electrons. The molecule has 1 aromatic heterocycles. The number of halogens is 1. The number of aromatic nitrogens is 2. The summed E-state index contributed by atoms with van der Waals surface area (Å²) in [5.41, 5.74) is 3.87. The molecule has 6 nitrogen and oxygen atoms in total. The van der Waals surface area contributed by atoms with E-state index in [2.05, 4.69) is 10.6 Å². The van der Waals surface area contributed by atoms with Gasteiger partial charge in [0.05, 0.1) is 39.0 Å². The van der Waals surface area contributed by atoms with Gasteiger partial charge in [-0.3, -0.25) is 0 Å². The predicted octanol–water partition coefficient (Wildman–Crippen LogP) is 6.16. The fraction of sp³-hybridized carbons (Fsp3) is 0.269. The van der Waals surface area contributed by atoms with Gasteiger partial charge in [0.2, 0.25) is 5.75 Å². The van der Waals surface area contributed by atoms with Crippen LogP contribution >= 0.6 is 11.6 Å². The number of rotatable bonds is 9. The molecule has 0 saturated heterocycles. The van der Waals surface area contributed by atoms with E-state index in [1.54, 1.807) is 21.3 Å². The molecule has 0 unspecified atom stereocenters. The summed E-state index contributed by atoms with van der Waals surface area (Å²) in [6, 6.07) is 17.7. The zero-order valence-corrected chi connectivity index (χ0v) is 20.0. The largest absolute Gasteiger partial charge is 0.494 e. The number of benzene rings is 3. The van der Waals surface area contributed by atoms with Crippen molar-refractivity contribution in [2.75, 3.05) is 27.9 Å². The van der Waals surface area contributed by atoms with Gasteiger partial charge in [0.1, 0.15) is 11.6 Å². The summed E-state index contributed by atoms with van der Waals surface area (Å²) in [5, 5.41) is 0.738. The third-order valence-electron chi connectivity index (χ3n) is 5.50. The molecule has 0 bridgehead atoms. The van der Waals surface area contributed by atoms with Crippen LogP contribution < -0.4 is 18.9 Å². The zero-order valence-electron chi connectivity index (χ0n) is 19.2. The molecule has 0 spiro atoms. The van der Waals surface area contributed by atoms with Crippen LogP contribution in [0, 0.1) is 6.92 Å². The van der Waals surface area contributed by atoms with Crippen molar-refractivity contribution in [2.24, 2.45) is 0 Å². The number of hydrogen-bond donors (Lipinski definition) is 0. The number of nitrogens with zero attached hydrogens (tertiary/aromatic N) is 2. The zero-order chi connectivity index (χ0) is 23.4. The van der Waals surface area contributed by atoms with E-state index in [1.807, 2.05) is 55.5 Å². The molecule has 7 heteroatoms. The van der Waals surface area contributed by atoms with E-state index in [4.69, 9.17) is 35.5 Å². The van der Waals surface area contributed by atoms with Gasteiger partial charge in [-0.1, -0.05) is 23.7 Å². The van der Waals surface area contributed by atoms with Crippen LogP contribution in [-0.2, 0) is 6.54 Å². The lowest BCUT2D eigenvalue weighted by atomic mass is 10.1. The average molecular weight is 467 g/mol. The maximum atomic E-state index is 6.11. The Kier molecular flexibility index (Phi) is 6.94. The molecule has 0 fully saturated rings. The first-order valence-electron chi connectivity index (χ1n) is 10.7. The Morgan fingerprint density at radius 3 is 2.30 bits per heavy atom. The number of methoxy groups -OCH3 is 3. The van der Waals surface area contributed by atoms with Gasteiger partial charge in [-0.2, -0.15) is 0 Å². The summed E-state index contributed by atoms with van der Waals surface area (Å²) in [6.45, 7) is 3.28. The third-order valence-corrected chi connectivity index (χ3v) is 5.93. The molecule has 0 atom stereocenters. The molecule has 4 rings (SSSR count). The highest BCUT2D eigenvalue weighted by Crippen LogP contribution is 2.41. The highest BCUT2D eigenvalue weighted by atomic mass is 35.5. The van der Waals surface area contributed by atoms with Crippen LogP contribution in [0.15, 0.2) is 54.6 Å². The Morgan fingerprint density at radius 1 is 0.909 bits per heavy atom. The highest BCUT2D eigenvalue weighted by Gasteiger charge is 2.18. The van der Waals surface area contributed by atoms with Gasteiger partial charge in [-0.15, -0.1) is 0 Å². The molecule has 0 amide bonds. The first-order valence-corrected chi connectivity index (χ1v) is 11.1. The average Bonchev–Trinajstić information content (AvgIpc) is 3.21. The molecule has 4 aromatic rings. The van der Waals surface area contributed by atoms with E-state index in [9.17, 15) is 0 Å². The molecule has 0 aliphatic heterocycles. The first-order chi connectivity index (χ1) is 16.0. The topological polar surface area (TPSA) is 54.7 Å². The molecule has 0 radical (unpaired) electrons. The lowest BCUT2D eigenvalue weighted by molar-refractivity contribution is 0.302. The third kappa shape index (κ3) is 4.71. The molecular weight excluding hydrogens is 440 g/mol. The number of imidazole rings is 1. The summed E-state index contributed by atoms with van der Waals surface area (Å²) in [6.07, 6.45) is 0.805. The fourth-order valence-corrected chi connectivity index (χ4v) is 3.97. The molecule has 0 saturated carbocycles. The van der Waals surface area contributed by atoms with Gasteiger partial charge < -0.3 is 23.5 Å². The van der Waals surface area contributed by atoms with Crippen molar-refractivity contribution in [1.82, 2.24) is 9.55 Å². The van der Waals surface area contributed by atoms with Gasteiger partial charge in [0, 0.05) is 17.1 Å². The molecule has 1 heterocycles. The molecule has 0 aliphatic rings. The second-order valence-electron chi connectivity index (χ2n) is 7.60. The second kappa shape index (κ2) is 10.0. The Balaban J connectivity index is 1.63. The minimum atomic E-state index is 0.554. The van der Waals surface area contributed by atoms with Crippen molar-refractivity contribution < 1.29 is 18.9 Å². The van der Waals surface area contributed by atoms with E-state index >= 15 is 0 Å². The minimum Gasteiger partial charge on any atom is -0.494 e. The normalized spacial score (nSPS) is 10.9. The van der Waals surface area contributed by atoms with E-state index in [0.29, 0.717) is 23.9 Å². The predicted molar refractivity (Wildman–Crippen MR) is 131 cm³/mol. The van der Waals surface area contributed by atoms with Crippen LogP contribution in [0.25, 0.3) is 22.4 Å². The smallest absolute Gasteiger partial charge is 0.203 e. The molecule has 0 N–H and O–H groups in total. The summed E-state index contributed by atoms with van der Waals surface area (Å²) in [4.78, 5) is 4.90. The number of ether oxygens (including phenoxy) is 4. The maximum Gasteiger partial charge on any atom is 0.203 e. The van der Waals surface area contributed by atoms with Crippen molar-refractivity contribution in [1.29, 1.82) is 0 Å². The Hall–Kier alpha value is -3.38. The van der Waals surface area contributed by atoms with E-state index in [1.165, 1.54) is 0 Å². The summed E-state index contributed by atoms with van der Waals surface area (Å²) in [7, 11) is 4.82. The quantitative estimate of drug-likeness (QED) is 0.276. The molecule has 33 heavy (non-hydrogen) atoms. The first kappa shape index (κ1) is 22.8. The van der Waals surface area contributed by atoms with Gasteiger partial charge in [0.15, 0.2) is 11.5 Å². The van der Waals surface area contributed by atoms with Gasteiger partial charge >= 0.3 is 0 Å². The van der Waals surface area contributed by atoms with Crippen LogP contribution in [-0.4, -0.2) is 37.5 Å². The maximum absolute atomic E-state index is 6.11. The number of aryl methyl sites for hydroxylation is 2. The Bertz CT molecular complexity index is 1240. The Labute approximate surface area is 198 Å². The molecule has 0 aliphatic carbocycles. The highest BCUT2D eigenvalue weighted by molar-refractivity contribution is 6.31. The van der Waals surface area contributed by atoms with E-state index in [-0.39, 0.29) is 0 Å². The van der Waals surface area contributed by atoms with Crippen molar-refractivity contribution in [3.05, 3.63) is 65.2 Å². The van der Waals surface area contributed by atoms with Crippen LogP contribution in [0.4, 0.5) is 0 Å². The van der Waals surface area contributed by atoms with Crippen LogP contribution in [0.3, 0.4) is 0 Å². The minimum absolute atomic E-state index is 0.554. The van der Waals surface area contributed by atoms with E-state index in [0.717, 1.165) is 51.7 Å². The summed E-state index contributed by atoms with van der Waals surface area (Å²) in [5.74, 6) is 3.38. The molecule has 3 aromatic carbocycles. The SMILES string of the molecule is COc1cc(-c2nc3ccccc3n2CCCOc2ccc(Cl)c(C)c2)cc(OC)c1OC. The summed E-state index contributed by atoms with van der Waals surface area (Å²) >= 11 is 6.11. The fourth-order valence-electron chi connectivity index (χ4n) is 3.85. The van der Waals surface area contributed by atoms with E-state index < -0.39 is 0 Å². The molecular formula is C26H27ClN2O4. The number of fused-ring (bicyclic) bond motifs is 1. The van der Waals surface area contributed by atoms with Crippen molar-refractivity contribution in [2.45, 2.75) is 19.9 Å². The van der Waals surface area contributed by atoms with Gasteiger partial charge in [-0.05, 0) is 61.4 Å². The van der Waals surface area contributed by atoms with Crippen LogP contribution in [0.5, 0.6) is 23.0 Å². The summed E-state index contributed by atoms with van der Waals surface area (Å²) < 4.78 is 24.7. The van der Waals surface area contributed by atoms with Gasteiger partial charge in [-0.25, -0.2) is 4.98 Å². The number of para-hydroxylation sites is 2. The van der Waals surface area contributed by atoms with Crippen LogP contribution in [0.2, 0.25) is 5.02 Å². The monoisotopic (exact) mass is 466 g/mol. The van der Waals surface area contributed by atoms with Crippen molar-refractivity contribution in [3.8, 4) is 34.4 Å². The van der Waals surface area contributed by atoms with Gasteiger partial charge in [0.25, 0.3) is 0 Å². The second-order valence-corrected chi connectivity index (χ2v) is 8.01. The van der Waals surface area contributed by atoms with Crippen molar-refractivity contribution >= 4 is 22.6 Å². The Morgan fingerprint density at radius 2 is 1.64 bits per heavy atom. The van der Waals surface area contributed by atoms with Crippen molar-refractivity contribution in [3.63, 3.8) is 0 Å². The lowest BCUT2D eigenvalue weighted by Gasteiger charge is -2.15. The number of hydrogen-bond acceptors (Lipinski definition) is 5. The lowest BCUT2D eigenvalue weighted by Crippen LogP contribution is -2.06. The van der Waals surface area contributed by atoms with Crippen LogP contribution in [0.1, 0.15) is 12.0 Å². The standard InChI is InChI=1S/C26H27ClN2O4/c1-17-14-19(10-11-20(17)27)33-13-7-12-29-22-9-6-5-8-21(22)28-26(29)18-15-23(30-2)25(32-4)24(16-18)31-3/h5-6,8-11,14-16H,7,12-13H2,1-4H3.